The zero-order valence-corrected chi connectivity index (χ0v) is 14.1. The predicted molar refractivity (Wildman–Crippen MR) is 94.6 cm³/mol. The van der Waals surface area contributed by atoms with Crippen LogP contribution in [0.3, 0.4) is 0 Å². The summed E-state index contributed by atoms with van der Waals surface area (Å²) in [6.45, 7) is 1.44. The van der Waals surface area contributed by atoms with Crippen LogP contribution in [0.4, 0.5) is 5.69 Å². The Labute approximate surface area is 145 Å². The summed E-state index contributed by atoms with van der Waals surface area (Å²) in [4.78, 5) is 24.7. The molecule has 5 nitrogen and oxygen atoms in total. The second-order valence-corrected chi connectivity index (χ2v) is 6.64. The zero-order valence-electron chi connectivity index (χ0n) is 13.3. The average Bonchev–Trinajstić information content (AvgIpc) is 3.29. The Morgan fingerprint density at radius 2 is 2.00 bits per heavy atom. The highest BCUT2D eigenvalue weighted by molar-refractivity contribution is 7.12. The van der Waals surface area contributed by atoms with E-state index in [0.29, 0.717) is 22.7 Å². The van der Waals surface area contributed by atoms with Crippen LogP contribution in [0, 0.1) is 0 Å². The highest BCUT2D eigenvalue weighted by atomic mass is 32.1. The molecule has 0 bridgehead atoms. The van der Waals surface area contributed by atoms with Crippen molar-refractivity contribution < 1.29 is 14.3 Å². The summed E-state index contributed by atoms with van der Waals surface area (Å²) in [5.74, 6) is -0.247. The molecule has 126 valence electrons. The van der Waals surface area contributed by atoms with Crippen LogP contribution >= 0.6 is 11.3 Å². The lowest BCUT2D eigenvalue weighted by atomic mass is 10.1. The van der Waals surface area contributed by atoms with Gasteiger partial charge in [0.15, 0.2) is 0 Å². The molecule has 2 N–H and O–H groups in total. The number of hydrogen-bond donors (Lipinski definition) is 2. The van der Waals surface area contributed by atoms with E-state index in [1.165, 1.54) is 11.3 Å². The van der Waals surface area contributed by atoms with Crippen LogP contribution in [-0.2, 0) is 4.74 Å². The van der Waals surface area contributed by atoms with E-state index >= 15 is 0 Å². The van der Waals surface area contributed by atoms with E-state index in [-0.39, 0.29) is 17.9 Å². The van der Waals surface area contributed by atoms with Crippen molar-refractivity contribution in [2.45, 2.75) is 25.4 Å². The number of carbonyl (C=O) groups excluding carboxylic acids is 2. The average molecular weight is 344 g/mol. The summed E-state index contributed by atoms with van der Waals surface area (Å²) < 4.78 is 5.53. The van der Waals surface area contributed by atoms with Gasteiger partial charge in [0.1, 0.15) is 0 Å². The van der Waals surface area contributed by atoms with Gasteiger partial charge >= 0.3 is 0 Å². The van der Waals surface area contributed by atoms with Gasteiger partial charge in [0.2, 0.25) is 0 Å². The maximum Gasteiger partial charge on any atom is 0.265 e. The normalized spacial score (nSPS) is 16.8. The lowest BCUT2D eigenvalue weighted by Crippen LogP contribution is -2.27. The molecule has 1 fully saturated rings. The van der Waals surface area contributed by atoms with E-state index in [2.05, 4.69) is 10.6 Å². The van der Waals surface area contributed by atoms with Crippen LogP contribution in [-0.4, -0.2) is 31.1 Å². The third-order valence-corrected chi connectivity index (χ3v) is 4.79. The van der Waals surface area contributed by atoms with Crippen molar-refractivity contribution in [3.63, 3.8) is 0 Å². The minimum Gasteiger partial charge on any atom is -0.378 e. The highest BCUT2D eigenvalue weighted by Crippen LogP contribution is 2.15. The molecular weight excluding hydrogens is 324 g/mol. The summed E-state index contributed by atoms with van der Waals surface area (Å²) in [5.41, 5.74) is 1.25. The van der Waals surface area contributed by atoms with Gasteiger partial charge in [0.05, 0.1) is 11.0 Å². The van der Waals surface area contributed by atoms with E-state index in [0.717, 1.165) is 25.9 Å². The second-order valence-electron chi connectivity index (χ2n) is 5.69. The Morgan fingerprint density at radius 3 is 2.67 bits per heavy atom. The van der Waals surface area contributed by atoms with Crippen molar-refractivity contribution in [3.05, 3.63) is 52.2 Å². The van der Waals surface area contributed by atoms with Crippen LogP contribution in [0.15, 0.2) is 41.8 Å². The fraction of sp³-hybridized carbons (Fsp3) is 0.333. The summed E-state index contributed by atoms with van der Waals surface area (Å²) in [6.07, 6.45) is 3.31. The number of benzene rings is 1. The Kier molecular flexibility index (Phi) is 5.61. The van der Waals surface area contributed by atoms with Crippen LogP contribution in [0.2, 0.25) is 0 Å². The molecule has 0 unspecified atom stereocenters. The monoisotopic (exact) mass is 344 g/mol. The van der Waals surface area contributed by atoms with Crippen molar-refractivity contribution in [2.24, 2.45) is 0 Å². The van der Waals surface area contributed by atoms with Crippen LogP contribution in [0.25, 0.3) is 0 Å². The number of anilines is 1. The number of hydrogen-bond acceptors (Lipinski definition) is 4. The summed E-state index contributed by atoms with van der Waals surface area (Å²) in [7, 11) is 0. The van der Waals surface area contributed by atoms with E-state index in [1.54, 1.807) is 30.3 Å². The lowest BCUT2D eigenvalue weighted by molar-refractivity contribution is 0.0906. The third-order valence-electron chi connectivity index (χ3n) is 3.93. The molecule has 6 heteroatoms. The molecule has 1 aliphatic rings. The maximum absolute atomic E-state index is 12.1. The van der Waals surface area contributed by atoms with E-state index in [1.807, 2.05) is 11.4 Å². The zero-order chi connectivity index (χ0) is 16.8. The molecule has 2 heterocycles. The molecular formula is C18H20N2O3S. The Bertz CT molecular complexity index is 677. The number of ether oxygens (including phenoxy) is 1. The molecule has 0 aliphatic carbocycles. The number of rotatable bonds is 6. The molecule has 0 radical (unpaired) electrons. The first-order valence-corrected chi connectivity index (χ1v) is 8.95. The second kappa shape index (κ2) is 8.08. The fourth-order valence-corrected chi connectivity index (χ4v) is 3.25. The van der Waals surface area contributed by atoms with E-state index < -0.39 is 0 Å². The molecule has 1 aliphatic heterocycles. The summed E-state index contributed by atoms with van der Waals surface area (Å²) in [6, 6.07) is 10.5. The molecule has 2 amide bonds. The molecule has 1 saturated heterocycles. The van der Waals surface area contributed by atoms with Gasteiger partial charge in [0.25, 0.3) is 11.8 Å². The third kappa shape index (κ3) is 4.43. The number of carbonyl (C=O) groups is 2. The first kappa shape index (κ1) is 16.7. The lowest BCUT2D eigenvalue weighted by Gasteiger charge is -2.10. The van der Waals surface area contributed by atoms with Gasteiger partial charge in [-0.25, -0.2) is 0 Å². The van der Waals surface area contributed by atoms with Crippen molar-refractivity contribution in [1.29, 1.82) is 0 Å². The van der Waals surface area contributed by atoms with E-state index in [4.69, 9.17) is 4.74 Å². The largest absolute Gasteiger partial charge is 0.378 e. The van der Waals surface area contributed by atoms with Gasteiger partial charge < -0.3 is 15.4 Å². The molecule has 2 aromatic rings. The minimum atomic E-state index is -0.140. The van der Waals surface area contributed by atoms with Crippen molar-refractivity contribution in [1.82, 2.24) is 5.32 Å². The van der Waals surface area contributed by atoms with E-state index in [9.17, 15) is 9.59 Å². The highest BCUT2D eigenvalue weighted by Gasteiger charge is 2.15. The quantitative estimate of drug-likeness (QED) is 0.845. The SMILES string of the molecule is O=C(NCC[C@H]1CCCO1)c1ccc(NC(=O)c2cccs2)cc1. The van der Waals surface area contributed by atoms with Crippen LogP contribution < -0.4 is 10.6 Å². The van der Waals surface area contributed by atoms with Gasteiger partial charge in [-0.15, -0.1) is 11.3 Å². The first-order valence-electron chi connectivity index (χ1n) is 8.07. The Morgan fingerprint density at radius 1 is 1.17 bits per heavy atom. The maximum atomic E-state index is 12.1. The topological polar surface area (TPSA) is 67.4 Å². The summed E-state index contributed by atoms with van der Waals surface area (Å²) in [5, 5.41) is 7.58. The molecule has 3 rings (SSSR count). The van der Waals surface area contributed by atoms with Gasteiger partial charge in [-0.3, -0.25) is 9.59 Å². The smallest absolute Gasteiger partial charge is 0.265 e. The van der Waals surface area contributed by atoms with Crippen molar-refractivity contribution >= 4 is 28.8 Å². The number of thiophene rings is 1. The Balaban J connectivity index is 1.48. The van der Waals surface area contributed by atoms with Crippen LogP contribution in [0.1, 0.15) is 39.3 Å². The van der Waals surface area contributed by atoms with Crippen LogP contribution in [0.5, 0.6) is 0 Å². The molecule has 1 atom stereocenters. The van der Waals surface area contributed by atoms with Crippen molar-refractivity contribution in [2.75, 3.05) is 18.5 Å². The molecule has 0 spiro atoms. The molecule has 24 heavy (non-hydrogen) atoms. The fourth-order valence-electron chi connectivity index (χ4n) is 2.63. The van der Waals surface area contributed by atoms with Gasteiger partial charge in [0, 0.05) is 24.4 Å². The summed E-state index contributed by atoms with van der Waals surface area (Å²) >= 11 is 1.39. The van der Waals surface area contributed by atoms with Gasteiger partial charge in [-0.2, -0.15) is 0 Å². The molecule has 1 aromatic heterocycles. The number of amides is 2. The molecule has 1 aromatic carbocycles. The number of nitrogens with one attached hydrogen (secondary N) is 2. The molecule has 0 saturated carbocycles. The standard InChI is InChI=1S/C18H20N2O3S/c21-17(19-10-9-15-3-1-11-23-15)13-5-7-14(8-6-13)20-18(22)16-4-2-12-24-16/h2,4-8,12,15H,1,3,9-11H2,(H,19,21)(H,20,22)/t15-/m1/s1. The minimum absolute atomic E-state index is 0.107. The Hall–Kier alpha value is -2.18. The van der Waals surface area contributed by atoms with Gasteiger partial charge in [-0.05, 0) is 55.0 Å². The van der Waals surface area contributed by atoms with Gasteiger partial charge in [-0.1, -0.05) is 6.07 Å². The van der Waals surface area contributed by atoms with Crippen molar-refractivity contribution in [3.8, 4) is 0 Å². The predicted octanol–water partition coefficient (Wildman–Crippen LogP) is 3.30. The first-order chi connectivity index (χ1) is 11.7.